The summed E-state index contributed by atoms with van der Waals surface area (Å²) in [5.74, 6) is 0.161. The predicted octanol–water partition coefficient (Wildman–Crippen LogP) is 2.65. The third-order valence-corrected chi connectivity index (χ3v) is 6.38. The van der Waals surface area contributed by atoms with E-state index in [4.69, 9.17) is 4.74 Å². The molecule has 0 aliphatic carbocycles. The zero-order valence-electron chi connectivity index (χ0n) is 19.0. The number of para-hydroxylation sites is 1. The Bertz CT molecular complexity index is 1200. The maximum Gasteiger partial charge on any atom is 0.274 e. The van der Waals surface area contributed by atoms with Crippen molar-refractivity contribution in [3.8, 4) is 5.75 Å². The molecule has 34 heavy (non-hydrogen) atoms. The lowest BCUT2D eigenvalue weighted by molar-refractivity contribution is 0.0680. The summed E-state index contributed by atoms with van der Waals surface area (Å²) in [7, 11) is 1.62. The standard InChI is InChI=1S/C25H26FN5O3/c1-34-19-8-6-18(7-9-19)17-30-14-15-31-23(25(30)33)16-21(27-31)24(32)29-12-10-28(11-13-29)22-5-3-2-4-20(22)26/h2-9,16H,10-15,17H2,1H3. The molecule has 176 valence electrons. The Kier molecular flexibility index (Phi) is 5.91. The number of piperazine rings is 1. The summed E-state index contributed by atoms with van der Waals surface area (Å²) in [5.41, 5.74) is 2.25. The minimum absolute atomic E-state index is 0.141. The SMILES string of the molecule is COc1ccc(CN2CCn3nc(C(=O)N4CCN(c5ccccc5F)CC4)cc3C2=O)cc1. The maximum atomic E-state index is 14.1. The highest BCUT2D eigenvalue weighted by Gasteiger charge is 2.30. The Morgan fingerprint density at radius 3 is 2.44 bits per heavy atom. The van der Waals surface area contributed by atoms with E-state index in [0.717, 1.165) is 11.3 Å². The summed E-state index contributed by atoms with van der Waals surface area (Å²) in [6.45, 7) is 3.54. The van der Waals surface area contributed by atoms with Crippen LogP contribution in [-0.4, -0.2) is 71.2 Å². The van der Waals surface area contributed by atoms with Gasteiger partial charge in [-0.1, -0.05) is 24.3 Å². The molecule has 2 aliphatic heterocycles. The average molecular weight is 464 g/mol. The van der Waals surface area contributed by atoms with Gasteiger partial charge in [0.15, 0.2) is 5.69 Å². The van der Waals surface area contributed by atoms with Crippen molar-refractivity contribution in [2.24, 2.45) is 0 Å². The number of ether oxygens (including phenoxy) is 1. The third-order valence-electron chi connectivity index (χ3n) is 6.38. The second kappa shape index (κ2) is 9.17. The third kappa shape index (κ3) is 4.21. The predicted molar refractivity (Wildman–Crippen MR) is 124 cm³/mol. The summed E-state index contributed by atoms with van der Waals surface area (Å²) in [4.78, 5) is 31.6. The van der Waals surface area contributed by atoms with Gasteiger partial charge in [-0.25, -0.2) is 4.39 Å². The average Bonchev–Trinajstić information content (AvgIpc) is 3.31. The molecule has 0 unspecified atom stereocenters. The van der Waals surface area contributed by atoms with Crippen LogP contribution in [0.2, 0.25) is 0 Å². The van der Waals surface area contributed by atoms with Gasteiger partial charge in [0.25, 0.3) is 11.8 Å². The van der Waals surface area contributed by atoms with Crippen LogP contribution >= 0.6 is 0 Å². The second-order valence-corrected chi connectivity index (χ2v) is 8.44. The van der Waals surface area contributed by atoms with Crippen LogP contribution in [-0.2, 0) is 13.1 Å². The van der Waals surface area contributed by atoms with Gasteiger partial charge < -0.3 is 19.4 Å². The number of methoxy groups -OCH3 is 1. The topological polar surface area (TPSA) is 70.9 Å². The molecule has 0 radical (unpaired) electrons. The molecular formula is C25H26FN5O3. The number of nitrogens with zero attached hydrogens (tertiary/aromatic N) is 5. The molecule has 1 aromatic heterocycles. The molecule has 0 spiro atoms. The van der Waals surface area contributed by atoms with Gasteiger partial charge >= 0.3 is 0 Å². The first kappa shape index (κ1) is 21.9. The fourth-order valence-corrected chi connectivity index (χ4v) is 4.47. The van der Waals surface area contributed by atoms with E-state index in [-0.39, 0.29) is 23.3 Å². The maximum absolute atomic E-state index is 14.1. The van der Waals surface area contributed by atoms with Gasteiger partial charge in [-0.3, -0.25) is 14.3 Å². The molecule has 0 bridgehead atoms. The van der Waals surface area contributed by atoms with Crippen LogP contribution < -0.4 is 9.64 Å². The van der Waals surface area contributed by atoms with Crippen molar-refractivity contribution in [2.75, 3.05) is 44.7 Å². The number of hydrogen-bond donors (Lipinski definition) is 0. The highest BCUT2D eigenvalue weighted by Crippen LogP contribution is 2.22. The van der Waals surface area contributed by atoms with Gasteiger partial charge in [-0.05, 0) is 29.8 Å². The molecule has 0 N–H and O–H groups in total. The number of fused-ring (bicyclic) bond motifs is 1. The quantitative estimate of drug-likeness (QED) is 0.582. The van der Waals surface area contributed by atoms with E-state index < -0.39 is 0 Å². The molecule has 5 rings (SSSR count). The second-order valence-electron chi connectivity index (χ2n) is 8.44. The number of rotatable bonds is 5. The first-order valence-corrected chi connectivity index (χ1v) is 11.3. The van der Waals surface area contributed by atoms with E-state index in [0.29, 0.717) is 57.2 Å². The Balaban J connectivity index is 1.24. The lowest BCUT2D eigenvalue weighted by atomic mass is 10.1. The summed E-state index contributed by atoms with van der Waals surface area (Å²) in [6, 6.07) is 15.9. The first-order chi connectivity index (χ1) is 16.5. The monoisotopic (exact) mass is 463 g/mol. The van der Waals surface area contributed by atoms with E-state index in [1.165, 1.54) is 6.07 Å². The van der Waals surface area contributed by atoms with E-state index in [2.05, 4.69) is 5.10 Å². The van der Waals surface area contributed by atoms with Crippen LogP contribution in [0.25, 0.3) is 0 Å². The number of amides is 2. The Morgan fingerprint density at radius 2 is 1.74 bits per heavy atom. The molecule has 3 heterocycles. The Hall–Kier alpha value is -3.88. The van der Waals surface area contributed by atoms with Crippen molar-refractivity contribution in [3.63, 3.8) is 0 Å². The van der Waals surface area contributed by atoms with E-state index in [9.17, 15) is 14.0 Å². The highest BCUT2D eigenvalue weighted by molar-refractivity contribution is 5.98. The summed E-state index contributed by atoms with van der Waals surface area (Å²) < 4.78 is 20.9. The first-order valence-electron chi connectivity index (χ1n) is 11.3. The molecule has 2 aliphatic rings. The largest absolute Gasteiger partial charge is 0.497 e. The molecule has 0 atom stereocenters. The molecular weight excluding hydrogens is 437 g/mol. The molecule has 1 saturated heterocycles. The van der Waals surface area contributed by atoms with Crippen LogP contribution in [0.15, 0.2) is 54.6 Å². The van der Waals surface area contributed by atoms with E-state index in [1.807, 2.05) is 29.2 Å². The minimum atomic E-state index is -0.262. The fraction of sp³-hybridized carbons (Fsp3) is 0.320. The summed E-state index contributed by atoms with van der Waals surface area (Å²) >= 11 is 0. The molecule has 2 aromatic carbocycles. The minimum Gasteiger partial charge on any atom is -0.497 e. The van der Waals surface area contributed by atoms with Crippen molar-refractivity contribution in [1.82, 2.24) is 19.6 Å². The fourth-order valence-electron chi connectivity index (χ4n) is 4.47. The lowest BCUT2D eigenvalue weighted by Gasteiger charge is -2.35. The molecule has 8 nitrogen and oxygen atoms in total. The highest BCUT2D eigenvalue weighted by atomic mass is 19.1. The van der Waals surface area contributed by atoms with Gasteiger partial charge in [0.2, 0.25) is 0 Å². The van der Waals surface area contributed by atoms with Crippen molar-refractivity contribution in [2.45, 2.75) is 13.1 Å². The number of halogens is 1. The van der Waals surface area contributed by atoms with Gasteiger partial charge in [-0.2, -0.15) is 5.10 Å². The van der Waals surface area contributed by atoms with Crippen molar-refractivity contribution >= 4 is 17.5 Å². The van der Waals surface area contributed by atoms with Gasteiger partial charge in [0.1, 0.15) is 17.3 Å². The molecule has 0 saturated carbocycles. The van der Waals surface area contributed by atoms with Crippen molar-refractivity contribution in [1.29, 1.82) is 0 Å². The Labute approximate surface area is 197 Å². The molecule has 3 aromatic rings. The number of hydrogen-bond acceptors (Lipinski definition) is 5. The number of anilines is 1. The lowest BCUT2D eigenvalue weighted by Crippen LogP contribution is -2.49. The number of benzene rings is 2. The zero-order chi connectivity index (χ0) is 23.7. The van der Waals surface area contributed by atoms with Crippen LogP contribution in [0.1, 0.15) is 26.5 Å². The van der Waals surface area contributed by atoms with E-state index >= 15 is 0 Å². The molecule has 2 amide bonds. The van der Waals surface area contributed by atoms with Gasteiger partial charge in [0, 0.05) is 45.3 Å². The summed E-state index contributed by atoms with van der Waals surface area (Å²) in [5, 5.41) is 4.42. The van der Waals surface area contributed by atoms with Gasteiger partial charge in [-0.15, -0.1) is 0 Å². The van der Waals surface area contributed by atoms with Gasteiger partial charge in [0.05, 0.1) is 19.3 Å². The van der Waals surface area contributed by atoms with Crippen molar-refractivity contribution < 1.29 is 18.7 Å². The number of carbonyl (C=O) groups excluding carboxylic acids is 2. The van der Waals surface area contributed by atoms with E-state index in [1.54, 1.807) is 45.9 Å². The van der Waals surface area contributed by atoms with Crippen LogP contribution in [0.3, 0.4) is 0 Å². The van der Waals surface area contributed by atoms with Crippen molar-refractivity contribution in [3.05, 3.63) is 77.4 Å². The smallest absolute Gasteiger partial charge is 0.274 e. The molecule has 1 fully saturated rings. The van der Waals surface area contributed by atoms with Crippen LogP contribution in [0.5, 0.6) is 5.75 Å². The number of carbonyl (C=O) groups is 2. The zero-order valence-corrected chi connectivity index (χ0v) is 19.0. The normalized spacial score (nSPS) is 15.9. The summed E-state index contributed by atoms with van der Waals surface area (Å²) in [6.07, 6.45) is 0. The number of aromatic nitrogens is 2. The molecule has 9 heteroatoms. The van der Waals surface area contributed by atoms with Crippen LogP contribution in [0, 0.1) is 5.82 Å². The van der Waals surface area contributed by atoms with Crippen LogP contribution in [0.4, 0.5) is 10.1 Å². The Morgan fingerprint density at radius 1 is 1.00 bits per heavy atom.